The molecule has 0 saturated heterocycles. The summed E-state index contributed by atoms with van der Waals surface area (Å²) in [6, 6.07) is 0. The minimum absolute atomic E-state index is 0.0357. The summed E-state index contributed by atoms with van der Waals surface area (Å²) < 4.78 is 5.51. The van der Waals surface area contributed by atoms with E-state index in [1.807, 2.05) is 13.8 Å². The molecule has 0 spiro atoms. The minimum atomic E-state index is -0.0357. The molecule has 0 bridgehead atoms. The van der Waals surface area contributed by atoms with Crippen LogP contribution in [0.4, 0.5) is 0 Å². The maximum absolute atomic E-state index is 12.0. The largest absolute Gasteiger partial charge is 0.380 e. The molecule has 2 amide bonds. The van der Waals surface area contributed by atoms with Crippen LogP contribution in [0.1, 0.15) is 40.5 Å². The molecule has 0 rings (SSSR count). The van der Waals surface area contributed by atoms with Gasteiger partial charge in [-0.3, -0.25) is 19.2 Å². The molecule has 0 aliphatic heterocycles. The van der Waals surface area contributed by atoms with Gasteiger partial charge in [0.25, 0.3) is 0 Å². The van der Waals surface area contributed by atoms with Gasteiger partial charge >= 0.3 is 0 Å². The minimum Gasteiger partial charge on any atom is -0.380 e. The van der Waals surface area contributed by atoms with Gasteiger partial charge in [-0.05, 0) is 0 Å². The third-order valence-electron chi connectivity index (χ3n) is 3.65. The van der Waals surface area contributed by atoms with Crippen molar-refractivity contribution >= 4 is 69.1 Å². The highest BCUT2D eigenvalue weighted by Gasteiger charge is 2.11. The molecule has 0 aromatic rings. The molecule has 0 saturated carbocycles. The van der Waals surface area contributed by atoms with Gasteiger partial charge in [0.15, 0.2) is 10.2 Å². The van der Waals surface area contributed by atoms with Crippen molar-refractivity contribution in [3.05, 3.63) is 0 Å². The highest BCUT2D eigenvalue weighted by atomic mass is 32.2. The second-order valence-corrected chi connectivity index (χ2v) is 12.2. The Hall–Kier alpha value is -0.360. The molecule has 2 N–H and O–H groups in total. The molecule has 0 radical (unpaired) electrons. The second-order valence-electron chi connectivity index (χ2n) is 6.79. The Morgan fingerprint density at radius 1 is 0.710 bits per heavy atom. The molecule has 0 heterocycles. The van der Waals surface area contributed by atoms with Gasteiger partial charge in [0.1, 0.15) is 0 Å². The van der Waals surface area contributed by atoms with Crippen molar-refractivity contribution in [1.29, 1.82) is 0 Å². The lowest BCUT2D eigenvalue weighted by Gasteiger charge is -2.11. The molecule has 7 nitrogen and oxygen atoms in total. The zero-order chi connectivity index (χ0) is 23.5. The lowest BCUT2D eigenvalue weighted by molar-refractivity contribution is -0.119. The fourth-order valence-corrected chi connectivity index (χ4v) is 5.80. The Morgan fingerprint density at radius 2 is 1.10 bits per heavy atom. The average Bonchev–Trinajstić information content (AvgIpc) is 2.67. The third-order valence-corrected chi connectivity index (χ3v) is 7.72. The fraction of sp³-hybridized carbons (Fsp3) is 0.800. The number of nitrogens with one attached hydrogen (secondary N) is 2. The standard InChI is InChI=1S/C20H36N2O5S4/c1-15(28-9-5-21-17(3)23)13-19(25)30-11-7-27-8-12-31-20(26)14-16(2)29-10-6-22-18(4)24/h15-16H,5-14H2,1-4H3,(H,21,23)(H,22,24). The van der Waals surface area contributed by atoms with Gasteiger partial charge in [0.05, 0.1) is 13.2 Å². The monoisotopic (exact) mass is 512 g/mol. The molecule has 2 unspecified atom stereocenters. The van der Waals surface area contributed by atoms with Crippen LogP contribution in [0.15, 0.2) is 0 Å². The van der Waals surface area contributed by atoms with Gasteiger partial charge in [-0.15, -0.1) is 0 Å². The first-order valence-corrected chi connectivity index (χ1v) is 14.4. The normalized spacial score (nSPS) is 12.8. The number of rotatable bonds is 18. The van der Waals surface area contributed by atoms with E-state index in [1.54, 1.807) is 23.5 Å². The van der Waals surface area contributed by atoms with Crippen LogP contribution in [-0.4, -0.2) is 81.9 Å². The molecular formula is C20H36N2O5S4. The highest BCUT2D eigenvalue weighted by Crippen LogP contribution is 2.19. The number of carbonyl (C=O) groups excluding carboxylic acids is 4. The number of carbonyl (C=O) groups is 4. The van der Waals surface area contributed by atoms with Gasteiger partial charge < -0.3 is 15.4 Å². The number of hydrogen-bond acceptors (Lipinski definition) is 9. The first-order chi connectivity index (χ1) is 14.7. The van der Waals surface area contributed by atoms with Crippen LogP contribution in [0.25, 0.3) is 0 Å². The van der Waals surface area contributed by atoms with Crippen LogP contribution < -0.4 is 10.6 Å². The first-order valence-electron chi connectivity index (χ1n) is 10.3. The van der Waals surface area contributed by atoms with Crippen molar-refractivity contribution in [1.82, 2.24) is 10.6 Å². The van der Waals surface area contributed by atoms with E-state index in [0.29, 0.717) is 50.7 Å². The molecule has 31 heavy (non-hydrogen) atoms. The van der Waals surface area contributed by atoms with Crippen molar-refractivity contribution in [2.45, 2.75) is 51.0 Å². The van der Waals surface area contributed by atoms with E-state index < -0.39 is 0 Å². The number of ether oxygens (including phenoxy) is 1. The number of hydrogen-bond donors (Lipinski definition) is 2. The van der Waals surface area contributed by atoms with Crippen LogP contribution in [0, 0.1) is 0 Å². The van der Waals surface area contributed by atoms with Crippen molar-refractivity contribution in [2.24, 2.45) is 0 Å². The van der Waals surface area contributed by atoms with Crippen LogP contribution in [-0.2, 0) is 23.9 Å². The summed E-state index contributed by atoms with van der Waals surface area (Å²) in [5.74, 6) is 2.75. The van der Waals surface area contributed by atoms with Gasteiger partial charge in [-0.2, -0.15) is 23.5 Å². The number of amides is 2. The maximum atomic E-state index is 12.0. The molecule has 0 aromatic heterocycles. The van der Waals surface area contributed by atoms with Gasteiger partial charge in [0, 0.05) is 73.3 Å². The Bertz CT molecular complexity index is 506. The molecule has 0 aromatic carbocycles. The zero-order valence-electron chi connectivity index (χ0n) is 18.9. The number of thioether (sulfide) groups is 4. The summed E-state index contributed by atoms with van der Waals surface area (Å²) in [5.41, 5.74) is 0. The average molecular weight is 513 g/mol. The van der Waals surface area contributed by atoms with Crippen LogP contribution in [0.2, 0.25) is 0 Å². The van der Waals surface area contributed by atoms with Gasteiger partial charge in [0.2, 0.25) is 11.8 Å². The zero-order valence-corrected chi connectivity index (χ0v) is 22.2. The van der Waals surface area contributed by atoms with Gasteiger partial charge in [-0.1, -0.05) is 37.4 Å². The molecule has 0 aliphatic carbocycles. The van der Waals surface area contributed by atoms with E-state index in [1.165, 1.54) is 37.4 Å². The van der Waals surface area contributed by atoms with Crippen molar-refractivity contribution in [3.63, 3.8) is 0 Å². The molecule has 2 atom stereocenters. The predicted molar refractivity (Wildman–Crippen MR) is 136 cm³/mol. The van der Waals surface area contributed by atoms with Crippen LogP contribution in [0.3, 0.4) is 0 Å². The maximum Gasteiger partial charge on any atom is 0.216 e. The molecule has 0 aliphatic rings. The lowest BCUT2D eigenvalue weighted by Crippen LogP contribution is -2.23. The lowest BCUT2D eigenvalue weighted by atomic mass is 10.4. The van der Waals surface area contributed by atoms with E-state index in [0.717, 1.165) is 11.5 Å². The van der Waals surface area contributed by atoms with Crippen molar-refractivity contribution < 1.29 is 23.9 Å². The van der Waals surface area contributed by atoms with Crippen molar-refractivity contribution in [3.8, 4) is 0 Å². The van der Waals surface area contributed by atoms with Gasteiger partial charge in [-0.25, -0.2) is 0 Å². The summed E-state index contributed by atoms with van der Waals surface area (Å²) in [7, 11) is 0. The van der Waals surface area contributed by atoms with E-state index in [2.05, 4.69) is 10.6 Å². The molecule has 0 fully saturated rings. The summed E-state index contributed by atoms with van der Waals surface area (Å²) in [6.45, 7) is 9.25. The topological polar surface area (TPSA) is 102 Å². The van der Waals surface area contributed by atoms with Crippen molar-refractivity contribution in [2.75, 3.05) is 49.3 Å². The second kappa shape index (κ2) is 20.3. The summed E-state index contributed by atoms with van der Waals surface area (Å²) in [5, 5.41) is 6.23. The Labute approximate surface area is 203 Å². The Kier molecular flexibility index (Phi) is 20.0. The fourth-order valence-electron chi connectivity index (χ4n) is 2.21. The summed E-state index contributed by atoms with van der Waals surface area (Å²) in [6.07, 6.45) is 1.00. The van der Waals surface area contributed by atoms with E-state index in [-0.39, 0.29) is 32.5 Å². The van der Waals surface area contributed by atoms with E-state index in [4.69, 9.17) is 4.74 Å². The first kappa shape index (κ1) is 30.6. The summed E-state index contributed by atoms with van der Waals surface area (Å²) in [4.78, 5) is 45.5. The van der Waals surface area contributed by atoms with E-state index >= 15 is 0 Å². The molecule has 180 valence electrons. The third kappa shape index (κ3) is 22.6. The predicted octanol–water partition coefficient (Wildman–Crippen LogP) is 2.82. The van der Waals surface area contributed by atoms with Crippen LogP contribution >= 0.6 is 47.0 Å². The van der Waals surface area contributed by atoms with E-state index in [9.17, 15) is 19.2 Å². The Balaban J connectivity index is 3.56. The molecular weight excluding hydrogens is 476 g/mol. The quantitative estimate of drug-likeness (QED) is 0.268. The van der Waals surface area contributed by atoms with Crippen LogP contribution in [0.5, 0.6) is 0 Å². The summed E-state index contributed by atoms with van der Waals surface area (Å²) >= 11 is 5.92. The smallest absolute Gasteiger partial charge is 0.216 e. The highest BCUT2D eigenvalue weighted by molar-refractivity contribution is 8.14. The Morgan fingerprint density at radius 3 is 1.45 bits per heavy atom. The molecule has 11 heteroatoms. The SMILES string of the molecule is CC(=O)NCCSC(C)CC(=O)SCCOCCSC(=O)CC(C)SCCNC(C)=O.